The van der Waals surface area contributed by atoms with Crippen LogP contribution < -0.4 is 0 Å². The molecule has 2 aliphatic rings. The Hall–Kier alpha value is -0.220. The maximum absolute atomic E-state index is 14.1. The Morgan fingerprint density at radius 1 is 1.28 bits per heavy atom. The Balaban J connectivity index is 1.86. The highest BCUT2D eigenvalue weighted by molar-refractivity contribution is 4.94. The zero-order valence-electron chi connectivity index (χ0n) is 11.8. The molecule has 0 N–H and O–H groups in total. The summed E-state index contributed by atoms with van der Waals surface area (Å²) in [6.45, 7) is 10.0. The van der Waals surface area contributed by atoms with E-state index in [1.165, 1.54) is 0 Å². The summed E-state index contributed by atoms with van der Waals surface area (Å²) in [7, 11) is 0. The monoisotopic (exact) mass is 260 g/mol. The van der Waals surface area contributed by atoms with Crippen molar-refractivity contribution in [3.63, 3.8) is 0 Å². The van der Waals surface area contributed by atoms with Gasteiger partial charge in [0, 0.05) is 25.0 Å². The van der Waals surface area contributed by atoms with Gasteiger partial charge in [0.1, 0.15) is 0 Å². The quantitative estimate of drug-likeness (QED) is 0.767. The molecule has 4 heteroatoms. The summed E-state index contributed by atoms with van der Waals surface area (Å²) in [5.41, 5.74) is 0. The van der Waals surface area contributed by atoms with E-state index >= 15 is 0 Å². The van der Waals surface area contributed by atoms with Crippen molar-refractivity contribution in [2.24, 2.45) is 11.8 Å². The van der Waals surface area contributed by atoms with Gasteiger partial charge in [-0.3, -0.25) is 4.90 Å². The van der Waals surface area contributed by atoms with E-state index in [0.717, 1.165) is 26.2 Å². The van der Waals surface area contributed by atoms with E-state index in [-0.39, 0.29) is 6.54 Å². The van der Waals surface area contributed by atoms with Crippen molar-refractivity contribution in [1.82, 2.24) is 9.80 Å². The van der Waals surface area contributed by atoms with Gasteiger partial charge in [0.15, 0.2) is 0 Å². The fourth-order valence-electron chi connectivity index (χ4n) is 3.21. The molecule has 0 aromatic carbocycles. The molecular weight excluding hydrogens is 234 g/mol. The molecule has 2 nitrogen and oxygen atoms in total. The van der Waals surface area contributed by atoms with Gasteiger partial charge in [0.05, 0.1) is 6.54 Å². The highest BCUT2D eigenvalue weighted by Gasteiger charge is 2.47. The van der Waals surface area contributed by atoms with Crippen LogP contribution in [0, 0.1) is 11.8 Å². The fourth-order valence-corrected chi connectivity index (χ4v) is 3.21. The van der Waals surface area contributed by atoms with Gasteiger partial charge in [0.2, 0.25) is 0 Å². The van der Waals surface area contributed by atoms with Gasteiger partial charge in [0.25, 0.3) is 5.92 Å². The lowest BCUT2D eigenvalue weighted by molar-refractivity contribution is -0.136. The first kappa shape index (κ1) is 14.2. The Kier molecular flexibility index (Phi) is 4.27. The maximum Gasteiger partial charge on any atom is 0.263 e. The van der Waals surface area contributed by atoms with Crippen molar-refractivity contribution in [3.05, 3.63) is 0 Å². The Morgan fingerprint density at radius 3 is 2.44 bits per heavy atom. The summed E-state index contributed by atoms with van der Waals surface area (Å²) < 4.78 is 28.2. The van der Waals surface area contributed by atoms with Crippen LogP contribution in [0.4, 0.5) is 8.78 Å². The van der Waals surface area contributed by atoms with Gasteiger partial charge in [-0.1, -0.05) is 20.8 Å². The average Bonchev–Trinajstić information content (AvgIpc) is 2.19. The van der Waals surface area contributed by atoms with Crippen molar-refractivity contribution in [3.8, 4) is 0 Å². The molecule has 106 valence electrons. The minimum absolute atomic E-state index is 0.0212. The summed E-state index contributed by atoms with van der Waals surface area (Å²) >= 11 is 0. The molecule has 0 radical (unpaired) electrons. The first-order valence-electron chi connectivity index (χ1n) is 7.26. The predicted octanol–water partition coefficient (Wildman–Crippen LogP) is 2.69. The summed E-state index contributed by atoms with van der Waals surface area (Å²) in [4.78, 5) is 4.33. The van der Waals surface area contributed by atoms with Crippen LogP contribution in [0.1, 0.15) is 33.6 Å². The summed E-state index contributed by atoms with van der Waals surface area (Å²) in [5, 5.41) is 0. The molecule has 0 aromatic rings. The maximum atomic E-state index is 14.1. The van der Waals surface area contributed by atoms with E-state index < -0.39 is 11.8 Å². The Morgan fingerprint density at radius 2 is 1.94 bits per heavy atom. The molecule has 2 saturated heterocycles. The van der Waals surface area contributed by atoms with E-state index in [2.05, 4.69) is 11.8 Å². The fraction of sp³-hybridized carbons (Fsp3) is 1.00. The Bertz CT molecular complexity index is 275. The van der Waals surface area contributed by atoms with Gasteiger partial charge in [-0.25, -0.2) is 8.78 Å². The third-order valence-corrected chi connectivity index (χ3v) is 4.43. The molecule has 1 unspecified atom stereocenters. The second kappa shape index (κ2) is 5.41. The van der Waals surface area contributed by atoms with Gasteiger partial charge < -0.3 is 4.90 Å². The van der Waals surface area contributed by atoms with Crippen LogP contribution in [0.15, 0.2) is 0 Å². The minimum atomic E-state index is -2.49. The smallest absolute Gasteiger partial charge is 0.263 e. The third kappa shape index (κ3) is 3.02. The molecule has 2 aliphatic heterocycles. The number of alkyl halides is 2. The van der Waals surface area contributed by atoms with Gasteiger partial charge in [-0.2, -0.15) is 0 Å². The lowest BCUT2D eigenvalue weighted by atomic mass is 9.84. The molecule has 0 saturated carbocycles. The van der Waals surface area contributed by atoms with Crippen molar-refractivity contribution in [2.75, 3.05) is 32.7 Å². The summed E-state index contributed by atoms with van der Waals surface area (Å²) in [6.07, 6.45) is 1.32. The first-order chi connectivity index (χ1) is 8.42. The number of rotatable bonds is 4. The first-order valence-corrected chi connectivity index (χ1v) is 7.26. The molecule has 2 fully saturated rings. The largest absolute Gasteiger partial charge is 0.300 e. The molecular formula is C14H26F2N2. The molecule has 0 aromatic heterocycles. The number of halogens is 2. The van der Waals surface area contributed by atoms with Crippen LogP contribution in [-0.2, 0) is 0 Å². The van der Waals surface area contributed by atoms with Crippen molar-refractivity contribution in [1.29, 1.82) is 0 Å². The molecule has 0 spiro atoms. The SMILES string of the molecule is CCN1CC(N2CCC(CC(C)C)C(F)(F)C2)C1. The molecule has 0 aliphatic carbocycles. The highest BCUT2D eigenvalue weighted by atomic mass is 19.3. The van der Waals surface area contributed by atoms with Crippen molar-refractivity contribution < 1.29 is 8.78 Å². The second-order valence-corrected chi connectivity index (χ2v) is 6.35. The zero-order chi connectivity index (χ0) is 13.3. The van der Waals surface area contributed by atoms with Crippen molar-refractivity contribution in [2.45, 2.75) is 45.6 Å². The van der Waals surface area contributed by atoms with E-state index in [4.69, 9.17) is 0 Å². The lowest BCUT2D eigenvalue weighted by Gasteiger charge is -2.49. The molecule has 0 bridgehead atoms. The minimum Gasteiger partial charge on any atom is -0.300 e. The number of likely N-dealkylation sites (N-methyl/N-ethyl adjacent to an activating group) is 1. The van der Waals surface area contributed by atoms with Crippen LogP contribution >= 0.6 is 0 Å². The van der Waals surface area contributed by atoms with E-state index in [1.54, 1.807) is 0 Å². The molecule has 1 atom stereocenters. The molecule has 2 rings (SSSR count). The standard InChI is InChI=1S/C14H26F2N2/c1-4-17-8-13(9-17)18-6-5-12(7-11(2)3)14(15,16)10-18/h11-13H,4-10H2,1-3H3. The number of likely N-dealkylation sites (tertiary alicyclic amines) is 2. The number of nitrogens with zero attached hydrogens (tertiary/aromatic N) is 2. The number of piperidine rings is 1. The van der Waals surface area contributed by atoms with Crippen molar-refractivity contribution >= 4 is 0 Å². The third-order valence-electron chi connectivity index (χ3n) is 4.43. The average molecular weight is 260 g/mol. The lowest BCUT2D eigenvalue weighted by Crippen LogP contribution is -2.63. The predicted molar refractivity (Wildman–Crippen MR) is 70.0 cm³/mol. The van der Waals surface area contributed by atoms with Gasteiger partial charge in [-0.05, 0) is 31.8 Å². The van der Waals surface area contributed by atoms with Crippen LogP contribution in [0.5, 0.6) is 0 Å². The number of hydrogen-bond acceptors (Lipinski definition) is 2. The molecule has 18 heavy (non-hydrogen) atoms. The normalized spacial score (nSPS) is 30.7. The van der Waals surface area contributed by atoms with Crippen LogP contribution in [0.2, 0.25) is 0 Å². The van der Waals surface area contributed by atoms with E-state index in [9.17, 15) is 8.78 Å². The van der Waals surface area contributed by atoms with Gasteiger partial charge >= 0.3 is 0 Å². The topological polar surface area (TPSA) is 6.48 Å². The second-order valence-electron chi connectivity index (χ2n) is 6.35. The van der Waals surface area contributed by atoms with Gasteiger partial charge in [-0.15, -0.1) is 0 Å². The zero-order valence-corrected chi connectivity index (χ0v) is 11.8. The number of hydrogen-bond donors (Lipinski definition) is 0. The summed E-state index contributed by atoms with van der Waals surface area (Å²) in [5.74, 6) is -2.53. The van der Waals surface area contributed by atoms with Crippen LogP contribution in [0.25, 0.3) is 0 Å². The van der Waals surface area contributed by atoms with Crippen LogP contribution in [0.3, 0.4) is 0 Å². The Labute approximate surface area is 109 Å². The summed E-state index contributed by atoms with van der Waals surface area (Å²) in [6, 6.07) is 0.371. The van der Waals surface area contributed by atoms with Crippen LogP contribution in [-0.4, -0.2) is 54.5 Å². The molecule has 2 heterocycles. The molecule has 0 amide bonds. The van der Waals surface area contributed by atoms with E-state index in [0.29, 0.717) is 24.8 Å². The highest BCUT2D eigenvalue weighted by Crippen LogP contribution is 2.38. The van der Waals surface area contributed by atoms with E-state index in [1.807, 2.05) is 18.7 Å².